The van der Waals surface area contributed by atoms with Gasteiger partial charge in [-0.15, -0.1) is 0 Å². The Balaban J connectivity index is 1.54. The van der Waals surface area contributed by atoms with Crippen LogP contribution in [-0.2, 0) is 11.2 Å². The molecule has 0 saturated heterocycles. The number of fused-ring (bicyclic) bond motifs is 1. The minimum Gasteiger partial charge on any atom is -0.352 e. The summed E-state index contributed by atoms with van der Waals surface area (Å²) in [6, 6.07) is 12.6. The lowest BCUT2D eigenvalue weighted by Gasteiger charge is -2.20. The second-order valence-electron chi connectivity index (χ2n) is 6.33. The van der Waals surface area contributed by atoms with Crippen LogP contribution in [0.2, 0.25) is 0 Å². The molecule has 1 heterocycles. The van der Waals surface area contributed by atoms with Gasteiger partial charge in [-0.05, 0) is 37.1 Å². The Morgan fingerprint density at radius 2 is 1.62 bits per heavy atom. The van der Waals surface area contributed by atoms with Crippen LogP contribution in [-0.4, -0.2) is 35.2 Å². The van der Waals surface area contributed by atoms with E-state index in [1.54, 1.807) is 49.4 Å². The van der Waals surface area contributed by atoms with Crippen LogP contribution in [0.25, 0.3) is 0 Å². The maximum absolute atomic E-state index is 13.6. The van der Waals surface area contributed by atoms with E-state index in [1.165, 1.54) is 6.07 Å². The predicted molar refractivity (Wildman–Crippen MR) is 94.1 cm³/mol. The average molecular weight is 354 g/mol. The molecule has 6 heteroatoms. The fourth-order valence-corrected chi connectivity index (χ4v) is 3.02. The number of amides is 3. The number of carbonyl (C=O) groups excluding carboxylic acids is 3. The Hall–Kier alpha value is -3.02. The number of hydrogen-bond donors (Lipinski definition) is 1. The first kappa shape index (κ1) is 17.8. The Kier molecular flexibility index (Phi) is 5.11. The normalized spacial score (nSPS) is 14.3. The summed E-state index contributed by atoms with van der Waals surface area (Å²) >= 11 is 0. The molecule has 2 aromatic rings. The Morgan fingerprint density at radius 1 is 1.04 bits per heavy atom. The van der Waals surface area contributed by atoms with Gasteiger partial charge < -0.3 is 5.32 Å². The number of hydrogen-bond acceptors (Lipinski definition) is 3. The Morgan fingerprint density at radius 3 is 2.23 bits per heavy atom. The van der Waals surface area contributed by atoms with Crippen LogP contribution in [0.4, 0.5) is 4.39 Å². The molecular formula is C20H19FN2O3. The molecule has 0 unspecified atom stereocenters. The Bertz CT molecular complexity index is 831. The highest BCUT2D eigenvalue weighted by molar-refractivity contribution is 6.21. The summed E-state index contributed by atoms with van der Waals surface area (Å²) in [6.45, 7) is 1.82. The molecule has 0 saturated carbocycles. The number of rotatable bonds is 6. The van der Waals surface area contributed by atoms with Gasteiger partial charge in [0.05, 0.1) is 11.1 Å². The first-order chi connectivity index (χ1) is 12.5. The molecule has 1 N–H and O–H groups in total. The molecule has 0 aliphatic carbocycles. The minimum absolute atomic E-state index is 0.0950. The summed E-state index contributed by atoms with van der Waals surface area (Å²) in [5, 5.41) is 2.76. The highest BCUT2D eigenvalue weighted by Gasteiger charge is 2.35. The van der Waals surface area contributed by atoms with Crippen molar-refractivity contribution in [3.05, 3.63) is 71.0 Å². The van der Waals surface area contributed by atoms with Gasteiger partial charge in [-0.2, -0.15) is 0 Å². The maximum Gasteiger partial charge on any atom is 0.261 e. The van der Waals surface area contributed by atoms with E-state index in [-0.39, 0.29) is 42.9 Å². The van der Waals surface area contributed by atoms with Crippen LogP contribution in [0.1, 0.15) is 39.6 Å². The number of nitrogens with zero attached hydrogens (tertiary/aromatic N) is 1. The third-order valence-electron chi connectivity index (χ3n) is 4.32. The number of benzene rings is 2. The molecule has 3 amide bonds. The average Bonchev–Trinajstić information content (AvgIpc) is 2.86. The second-order valence-corrected chi connectivity index (χ2v) is 6.33. The van der Waals surface area contributed by atoms with E-state index in [9.17, 15) is 18.8 Å². The summed E-state index contributed by atoms with van der Waals surface area (Å²) in [7, 11) is 0. The molecule has 26 heavy (non-hydrogen) atoms. The van der Waals surface area contributed by atoms with Gasteiger partial charge >= 0.3 is 0 Å². The lowest BCUT2D eigenvalue weighted by Crippen LogP contribution is -2.44. The maximum atomic E-state index is 13.6. The minimum atomic E-state index is -0.398. The third-order valence-corrected chi connectivity index (χ3v) is 4.32. The van der Waals surface area contributed by atoms with Gasteiger partial charge in [0, 0.05) is 19.0 Å². The Labute approximate surface area is 150 Å². The summed E-state index contributed by atoms with van der Waals surface area (Å²) < 4.78 is 13.6. The van der Waals surface area contributed by atoms with Crippen LogP contribution in [0.3, 0.4) is 0 Å². The summed E-state index contributed by atoms with van der Waals surface area (Å²) in [5.41, 5.74) is 1.25. The van der Waals surface area contributed by atoms with E-state index in [0.29, 0.717) is 16.7 Å². The van der Waals surface area contributed by atoms with Gasteiger partial charge in [0.2, 0.25) is 5.91 Å². The van der Waals surface area contributed by atoms with Crippen molar-refractivity contribution in [1.82, 2.24) is 10.2 Å². The van der Waals surface area contributed by atoms with E-state index in [0.717, 1.165) is 4.90 Å². The van der Waals surface area contributed by atoms with E-state index >= 15 is 0 Å². The highest BCUT2D eigenvalue weighted by Crippen LogP contribution is 2.22. The van der Waals surface area contributed by atoms with Crippen LogP contribution in [0.15, 0.2) is 48.5 Å². The molecule has 134 valence electrons. The number of carbonyl (C=O) groups is 3. The second kappa shape index (κ2) is 7.47. The van der Waals surface area contributed by atoms with Crippen LogP contribution in [0.5, 0.6) is 0 Å². The van der Waals surface area contributed by atoms with Crippen LogP contribution < -0.4 is 5.32 Å². The van der Waals surface area contributed by atoms with Crippen molar-refractivity contribution in [1.29, 1.82) is 0 Å². The molecule has 3 rings (SSSR count). The van der Waals surface area contributed by atoms with E-state index < -0.39 is 6.04 Å². The van der Waals surface area contributed by atoms with Crippen LogP contribution in [0, 0.1) is 5.82 Å². The first-order valence-corrected chi connectivity index (χ1v) is 8.45. The number of aryl methyl sites for hydroxylation is 1. The predicted octanol–water partition coefficient (Wildman–Crippen LogP) is 2.56. The van der Waals surface area contributed by atoms with Crippen molar-refractivity contribution in [2.24, 2.45) is 0 Å². The molecule has 0 spiro atoms. The van der Waals surface area contributed by atoms with Crippen molar-refractivity contribution in [3.63, 3.8) is 0 Å². The SMILES string of the molecule is C[C@@H](CN1C(=O)c2ccccc2C1=O)NC(=O)CCc1ccccc1F. The van der Waals surface area contributed by atoms with Gasteiger partial charge in [0.1, 0.15) is 5.82 Å². The number of imide groups is 1. The topological polar surface area (TPSA) is 66.5 Å². The fraction of sp³-hybridized carbons (Fsp3) is 0.250. The zero-order valence-corrected chi connectivity index (χ0v) is 14.4. The monoisotopic (exact) mass is 354 g/mol. The van der Waals surface area contributed by atoms with E-state index in [4.69, 9.17) is 0 Å². The molecule has 1 atom stereocenters. The van der Waals surface area contributed by atoms with Crippen molar-refractivity contribution in [3.8, 4) is 0 Å². The smallest absolute Gasteiger partial charge is 0.261 e. The summed E-state index contributed by atoms with van der Waals surface area (Å²) in [4.78, 5) is 37.9. The van der Waals surface area contributed by atoms with E-state index in [1.807, 2.05) is 0 Å². The largest absolute Gasteiger partial charge is 0.352 e. The summed E-state index contributed by atoms with van der Waals surface area (Å²) in [5.74, 6) is -1.28. The third kappa shape index (κ3) is 3.64. The lowest BCUT2D eigenvalue weighted by molar-refractivity contribution is -0.121. The molecule has 0 radical (unpaired) electrons. The van der Waals surface area contributed by atoms with Gasteiger partial charge in [-0.3, -0.25) is 19.3 Å². The highest BCUT2D eigenvalue weighted by atomic mass is 19.1. The lowest BCUT2D eigenvalue weighted by atomic mass is 10.1. The van der Waals surface area contributed by atoms with Crippen molar-refractivity contribution < 1.29 is 18.8 Å². The van der Waals surface area contributed by atoms with E-state index in [2.05, 4.69) is 5.32 Å². The van der Waals surface area contributed by atoms with Crippen molar-refractivity contribution in [2.45, 2.75) is 25.8 Å². The molecule has 2 aromatic carbocycles. The molecule has 1 aliphatic heterocycles. The van der Waals surface area contributed by atoms with Crippen molar-refractivity contribution >= 4 is 17.7 Å². The first-order valence-electron chi connectivity index (χ1n) is 8.45. The summed E-state index contributed by atoms with van der Waals surface area (Å²) in [6.07, 6.45) is 0.422. The standard InChI is InChI=1S/C20H19FN2O3/c1-13(22-18(24)11-10-14-6-2-5-9-17(14)21)12-23-19(25)15-7-3-4-8-16(15)20(23)26/h2-9,13H,10-12H2,1H3,(H,22,24)/t13-/m0/s1. The van der Waals surface area contributed by atoms with Crippen molar-refractivity contribution in [2.75, 3.05) is 6.54 Å². The zero-order chi connectivity index (χ0) is 18.7. The molecule has 0 bridgehead atoms. The van der Waals surface area contributed by atoms with Gasteiger partial charge in [-0.1, -0.05) is 30.3 Å². The molecule has 0 aromatic heterocycles. The number of halogens is 1. The van der Waals surface area contributed by atoms with Gasteiger partial charge in [0.25, 0.3) is 11.8 Å². The molecule has 1 aliphatic rings. The zero-order valence-electron chi connectivity index (χ0n) is 14.4. The number of nitrogens with one attached hydrogen (secondary N) is 1. The van der Waals surface area contributed by atoms with Gasteiger partial charge in [-0.25, -0.2) is 4.39 Å². The van der Waals surface area contributed by atoms with Crippen LogP contribution >= 0.6 is 0 Å². The quantitative estimate of drug-likeness (QED) is 0.811. The van der Waals surface area contributed by atoms with Gasteiger partial charge in [0.15, 0.2) is 0 Å². The molecule has 5 nitrogen and oxygen atoms in total. The fourth-order valence-electron chi connectivity index (χ4n) is 3.02. The molecule has 0 fully saturated rings. The molecular weight excluding hydrogens is 335 g/mol.